The van der Waals surface area contributed by atoms with Crippen LogP contribution in [0.2, 0.25) is 0 Å². The maximum absolute atomic E-state index is 4.99. The Morgan fingerprint density at radius 2 is 1.91 bits per heavy atom. The van der Waals surface area contributed by atoms with Crippen molar-refractivity contribution in [2.24, 2.45) is 0 Å². The van der Waals surface area contributed by atoms with Crippen LogP contribution in [0, 0.1) is 0 Å². The molecular weight excluding hydrogens is 142 g/mol. The van der Waals surface area contributed by atoms with Crippen LogP contribution >= 0.6 is 0 Å². The molecule has 0 radical (unpaired) electrons. The summed E-state index contributed by atoms with van der Waals surface area (Å²) in [6.07, 6.45) is 0. The molecule has 0 saturated carbocycles. The van der Waals surface area contributed by atoms with Gasteiger partial charge in [-0.25, -0.2) is 10.7 Å². The normalized spacial score (nSPS) is 9.64. The molecule has 1 aromatic rings. The van der Waals surface area contributed by atoms with Gasteiger partial charge in [-0.3, -0.25) is 0 Å². The number of hydrogen-bond acceptors (Lipinski definition) is 2. The first-order valence-electron chi connectivity index (χ1n) is 3.36. The number of quaternary nitrogens is 1. The number of hydrogen-bond donors (Lipinski definition) is 1. The minimum absolute atomic E-state index is 0.546. The van der Waals surface area contributed by atoms with E-state index >= 15 is 0 Å². The minimum atomic E-state index is 0.546. The van der Waals surface area contributed by atoms with Crippen LogP contribution in [0.3, 0.4) is 0 Å². The van der Waals surface area contributed by atoms with Crippen molar-refractivity contribution in [1.29, 1.82) is 0 Å². The van der Waals surface area contributed by atoms with Crippen molar-refractivity contribution in [3.8, 4) is 5.75 Å². The largest absolute Gasteiger partial charge is 0.497 e. The van der Waals surface area contributed by atoms with Crippen molar-refractivity contribution >= 4 is 0 Å². The Morgan fingerprint density at radius 1 is 1.27 bits per heavy atom. The van der Waals surface area contributed by atoms with Crippen molar-refractivity contribution in [3.63, 3.8) is 0 Å². The van der Waals surface area contributed by atoms with Crippen molar-refractivity contribution in [2.45, 2.75) is 6.61 Å². The maximum Gasteiger partial charge on any atom is 0.131 e. The summed E-state index contributed by atoms with van der Waals surface area (Å²) >= 11 is 0. The fraction of sp³-hybridized carbons (Fsp3) is 0.250. The monoisotopic (exact) mass is 154 g/mol. The Kier molecular flexibility index (Phi) is 2.89. The molecule has 0 aliphatic carbocycles. The van der Waals surface area contributed by atoms with Crippen LogP contribution in [0.5, 0.6) is 5.75 Å². The van der Waals surface area contributed by atoms with Gasteiger partial charge in [0.2, 0.25) is 0 Å². The molecule has 1 rings (SSSR count). The Bertz CT molecular complexity index is 208. The molecule has 3 nitrogen and oxygen atoms in total. The summed E-state index contributed by atoms with van der Waals surface area (Å²) in [6.45, 7) is 0.546. The average molecular weight is 154 g/mol. The molecular formula is C8H12NO2+. The summed E-state index contributed by atoms with van der Waals surface area (Å²) in [4.78, 5) is 4.71. The van der Waals surface area contributed by atoms with Gasteiger partial charge in [0.15, 0.2) is 0 Å². The van der Waals surface area contributed by atoms with Crippen LogP contribution < -0.4 is 10.6 Å². The maximum atomic E-state index is 4.99. The number of methoxy groups -OCH3 is 1. The third-order valence-corrected chi connectivity index (χ3v) is 1.43. The summed E-state index contributed by atoms with van der Waals surface area (Å²) < 4.78 is 4.99. The lowest BCUT2D eigenvalue weighted by Crippen LogP contribution is -2.48. The van der Waals surface area contributed by atoms with Crippen molar-refractivity contribution in [1.82, 2.24) is 0 Å². The zero-order valence-corrected chi connectivity index (χ0v) is 6.54. The number of rotatable bonds is 3. The summed E-state index contributed by atoms with van der Waals surface area (Å²) in [5, 5.41) is 0. The molecule has 0 bridgehead atoms. The standard InChI is InChI=1S/C8H12NO2/c1-10-8-4-2-7(3-5-8)6-11-9/h2-5H,6H2,1,9H3/q+1. The SMILES string of the molecule is COc1ccc(CO[NH3+])cc1. The molecule has 0 saturated heterocycles. The molecule has 0 amide bonds. The summed E-state index contributed by atoms with van der Waals surface area (Å²) in [5.41, 5.74) is 1.10. The van der Waals surface area contributed by atoms with Gasteiger partial charge in [0.05, 0.1) is 7.11 Å². The molecule has 0 aliphatic rings. The topological polar surface area (TPSA) is 46.1 Å². The highest BCUT2D eigenvalue weighted by Crippen LogP contribution is 2.10. The highest BCUT2D eigenvalue weighted by atomic mass is 16.6. The first kappa shape index (κ1) is 8.04. The second-order valence-corrected chi connectivity index (χ2v) is 2.20. The molecule has 0 spiro atoms. The lowest BCUT2D eigenvalue weighted by Gasteiger charge is -1.99. The lowest BCUT2D eigenvalue weighted by molar-refractivity contribution is -0.695. The molecule has 0 fully saturated rings. The zero-order valence-electron chi connectivity index (χ0n) is 6.54. The van der Waals surface area contributed by atoms with Crippen LogP contribution in [-0.4, -0.2) is 7.11 Å². The Balaban J connectivity index is 2.66. The van der Waals surface area contributed by atoms with E-state index in [9.17, 15) is 0 Å². The van der Waals surface area contributed by atoms with E-state index < -0.39 is 0 Å². The number of benzene rings is 1. The van der Waals surface area contributed by atoms with E-state index in [0.717, 1.165) is 11.3 Å². The highest BCUT2D eigenvalue weighted by Gasteiger charge is 1.93. The molecule has 11 heavy (non-hydrogen) atoms. The molecule has 1 aromatic carbocycles. The Labute approximate surface area is 65.7 Å². The van der Waals surface area contributed by atoms with E-state index in [1.165, 1.54) is 0 Å². The van der Waals surface area contributed by atoms with Gasteiger partial charge in [-0.05, 0) is 17.7 Å². The van der Waals surface area contributed by atoms with E-state index in [4.69, 9.17) is 9.57 Å². The van der Waals surface area contributed by atoms with E-state index in [1.54, 1.807) is 7.11 Å². The van der Waals surface area contributed by atoms with Gasteiger partial charge in [-0.15, -0.1) is 0 Å². The Hall–Kier alpha value is -1.06. The average Bonchev–Trinajstić information content (AvgIpc) is 2.07. The summed E-state index contributed by atoms with van der Waals surface area (Å²) in [6, 6.07) is 7.69. The predicted molar refractivity (Wildman–Crippen MR) is 40.7 cm³/mol. The third-order valence-electron chi connectivity index (χ3n) is 1.43. The second kappa shape index (κ2) is 3.95. The molecule has 60 valence electrons. The summed E-state index contributed by atoms with van der Waals surface area (Å²) in [7, 11) is 1.65. The van der Waals surface area contributed by atoms with E-state index in [-0.39, 0.29) is 0 Å². The van der Waals surface area contributed by atoms with Crippen molar-refractivity contribution in [3.05, 3.63) is 29.8 Å². The molecule has 0 atom stereocenters. The molecule has 0 aliphatic heterocycles. The van der Waals surface area contributed by atoms with E-state index in [0.29, 0.717) is 6.61 Å². The van der Waals surface area contributed by atoms with Crippen LogP contribution in [0.25, 0.3) is 0 Å². The van der Waals surface area contributed by atoms with Crippen molar-refractivity contribution in [2.75, 3.05) is 7.11 Å². The van der Waals surface area contributed by atoms with E-state index in [1.807, 2.05) is 24.3 Å². The first-order chi connectivity index (χ1) is 5.36. The fourth-order valence-corrected chi connectivity index (χ4v) is 0.840. The Morgan fingerprint density at radius 3 is 2.36 bits per heavy atom. The first-order valence-corrected chi connectivity index (χ1v) is 3.36. The zero-order chi connectivity index (χ0) is 8.10. The van der Waals surface area contributed by atoms with E-state index in [2.05, 4.69) is 5.90 Å². The van der Waals surface area contributed by atoms with Gasteiger partial charge < -0.3 is 4.74 Å². The molecule has 3 N–H and O–H groups in total. The molecule has 3 heteroatoms. The van der Waals surface area contributed by atoms with Gasteiger partial charge in [-0.2, -0.15) is 0 Å². The minimum Gasteiger partial charge on any atom is -0.497 e. The summed E-state index contributed by atoms with van der Waals surface area (Å²) in [5.74, 6) is 4.15. The van der Waals surface area contributed by atoms with Crippen molar-refractivity contribution < 1.29 is 15.5 Å². The van der Waals surface area contributed by atoms with Crippen LogP contribution in [0.15, 0.2) is 24.3 Å². The fourth-order valence-electron chi connectivity index (χ4n) is 0.840. The van der Waals surface area contributed by atoms with Gasteiger partial charge in [0.25, 0.3) is 0 Å². The smallest absolute Gasteiger partial charge is 0.131 e. The lowest BCUT2D eigenvalue weighted by atomic mass is 10.2. The quantitative estimate of drug-likeness (QED) is 0.639. The van der Waals surface area contributed by atoms with Gasteiger partial charge in [0, 0.05) is 0 Å². The van der Waals surface area contributed by atoms with Crippen LogP contribution in [-0.2, 0) is 11.4 Å². The van der Waals surface area contributed by atoms with Crippen LogP contribution in [0.4, 0.5) is 0 Å². The van der Waals surface area contributed by atoms with Crippen LogP contribution in [0.1, 0.15) is 5.56 Å². The second-order valence-electron chi connectivity index (χ2n) is 2.20. The van der Waals surface area contributed by atoms with Gasteiger partial charge in [-0.1, -0.05) is 12.1 Å². The van der Waals surface area contributed by atoms with Gasteiger partial charge in [0.1, 0.15) is 12.4 Å². The third kappa shape index (κ3) is 2.22. The molecule has 0 aromatic heterocycles. The van der Waals surface area contributed by atoms with Gasteiger partial charge >= 0.3 is 0 Å². The number of ether oxygens (including phenoxy) is 1. The molecule has 0 heterocycles. The highest BCUT2D eigenvalue weighted by molar-refractivity contribution is 5.26. The molecule has 0 unspecified atom stereocenters. The predicted octanol–water partition coefficient (Wildman–Crippen LogP) is 0.369.